The van der Waals surface area contributed by atoms with Crippen molar-refractivity contribution in [3.05, 3.63) is 11.9 Å². The molecule has 0 unspecified atom stereocenters. The minimum atomic E-state index is 0.811. The number of hydrogen-bond donors (Lipinski definition) is 1. The monoisotopic (exact) mass is 226 g/mol. The number of rotatable bonds is 9. The number of hydrogen-bond acceptors (Lipinski definition) is 4. The Morgan fingerprint density at radius 3 is 3.06 bits per heavy atom. The molecule has 0 amide bonds. The number of aryl methyl sites for hydroxylation is 1. The van der Waals surface area contributed by atoms with Crippen LogP contribution in [0.3, 0.4) is 0 Å². The SMILES string of the molecule is CCCNCc1cn(CCCCOC)nn1. The lowest BCUT2D eigenvalue weighted by Crippen LogP contribution is -2.13. The van der Waals surface area contributed by atoms with Crippen LogP contribution in [-0.4, -0.2) is 35.3 Å². The van der Waals surface area contributed by atoms with Crippen LogP contribution in [-0.2, 0) is 17.8 Å². The molecule has 0 aliphatic heterocycles. The first kappa shape index (κ1) is 13.1. The van der Waals surface area contributed by atoms with Crippen LogP contribution in [0.15, 0.2) is 6.20 Å². The van der Waals surface area contributed by atoms with Crippen LogP contribution in [0.25, 0.3) is 0 Å². The van der Waals surface area contributed by atoms with Crippen molar-refractivity contribution in [1.29, 1.82) is 0 Å². The van der Waals surface area contributed by atoms with Gasteiger partial charge in [-0.2, -0.15) is 0 Å². The lowest BCUT2D eigenvalue weighted by molar-refractivity contribution is 0.191. The van der Waals surface area contributed by atoms with E-state index >= 15 is 0 Å². The van der Waals surface area contributed by atoms with E-state index in [1.165, 1.54) is 0 Å². The maximum atomic E-state index is 5.00. The standard InChI is InChI=1S/C11H22N4O/c1-3-6-12-9-11-10-15(14-13-11)7-4-5-8-16-2/h10,12H,3-9H2,1-2H3. The van der Waals surface area contributed by atoms with E-state index in [0.29, 0.717) is 0 Å². The summed E-state index contributed by atoms with van der Waals surface area (Å²) in [6.07, 6.45) is 5.30. The van der Waals surface area contributed by atoms with Gasteiger partial charge >= 0.3 is 0 Å². The fraction of sp³-hybridized carbons (Fsp3) is 0.818. The average Bonchev–Trinajstić information content (AvgIpc) is 2.73. The highest BCUT2D eigenvalue weighted by atomic mass is 16.5. The molecule has 1 heterocycles. The number of nitrogens with zero attached hydrogens (tertiary/aromatic N) is 3. The van der Waals surface area contributed by atoms with E-state index < -0.39 is 0 Å². The van der Waals surface area contributed by atoms with Gasteiger partial charge in [-0.1, -0.05) is 12.1 Å². The second-order valence-electron chi connectivity index (χ2n) is 3.85. The first-order valence-corrected chi connectivity index (χ1v) is 5.95. The Kier molecular flexibility index (Phi) is 6.76. The van der Waals surface area contributed by atoms with Crippen LogP contribution in [0.1, 0.15) is 31.9 Å². The Balaban J connectivity index is 2.17. The summed E-state index contributed by atoms with van der Waals surface area (Å²) in [7, 11) is 1.73. The molecule has 1 aromatic heterocycles. The summed E-state index contributed by atoms with van der Waals surface area (Å²) in [6.45, 7) is 5.73. The predicted octanol–water partition coefficient (Wildman–Crippen LogP) is 1.20. The molecule has 0 atom stereocenters. The van der Waals surface area contributed by atoms with Gasteiger partial charge in [0.2, 0.25) is 0 Å². The van der Waals surface area contributed by atoms with Gasteiger partial charge in [-0.25, -0.2) is 0 Å². The number of ether oxygens (including phenoxy) is 1. The van der Waals surface area contributed by atoms with E-state index in [2.05, 4.69) is 22.6 Å². The Labute approximate surface area is 97.2 Å². The number of aromatic nitrogens is 3. The van der Waals surface area contributed by atoms with Crippen molar-refractivity contribution >= 4 is 0 Å². The van der Waals surface area contributed by atoms with E-state index in [1.807, 2.05) is 10.9 Å². The van der Waals surface area contributed by atoms with E-state index in [1.54, 1.807) is 7.11 Å². The van der Waals surface area contributed by atoms with Crippen molar-refractivity contribution < 1.29 is 4.74 Å². The molecular formula is C11H22N4O. The Bertz CT molecular complexity index is 275. The third-order valence-electron chi connectivity index (χ3n) is 2.30. The van der Waals surface area contributed by atoms with E-state index in [-0.39, 0.29) is 0 Å². The number of unbranched alkanes of at least 4 members (excludes halogenated alkanes) is 1. The normalized spacial score (nSPS) is 10.9. The first-order valence-electron chi connectivity index (χ1n) is 5.95. The summed E-state index contributed by atoms with van der Waals surface area (Å²) in [5, 5.41) is 11.5. The lowest BCUT2D eigenvalue weighted by atomic mass is 10.3. The second-order valence-corrected chi connectivity index (χ2v) is 3.85. The third kappa shape index (κ3) is 5.23. The van der Waals surface area contributed by atoms with Gasteiger partial charge in [-0.15, -0.1) is 5.10 Å². The molecule has 0 radical (unpaired) electrons. The van der Waals surface area contributed by atoms with Crippen molar-refractivity contribution in [2.45, 2.75) is 39.3 Å². The molecule has 0 aliphatic rings. The van der Waals surface area contributed by atoms with Crippen LogP contribution in [0.4, 0.5) is 0 Å². The van der Waals surface area contributed by atoms with Crippen LogP contribution >= 0.6 is 0 Å². The van der Waals surface area contributed by atoms with Crippen LogP contribution < -0.4 is 5.32 Å². The predicted molar refractivity (Wildman–Crippen MR) is 63.1 cm³/mol. The van der Waals surface area contributed by atoms with Gasteiger partial charge in [0.05, 0.1) is 5.69 Å². The fourth-order valence-electron chi connectivity index (χ4n) is 1.44. The highest BCUT2D eigenvalue weighted by Gasteiger charge is 1.99. The summed E-state index contributed by atoms with van der Waals surface area (Å²) in [6, 6.07) is 0. The molecule has 92 valence electrons. The van der Waals surface area contributed by atoms with E-state index in [9.17, 15) is 0 Å². The van der Waals surface area contributed by atoms with Crippen molar-refractivity contribution in [2.24, 2.45) is 0 Å². The second kappa shape index (κ2) is 8.24. The largest absolute Gasteiger partial charge is 0.385 e. The molecule has 0 saturated heterocycles. The van der Waals surface area contributed by atoms with Crippen LogP contribution in [0, 0.1) is 0 Å². The van der Waals surface area contributed by atoms with Crippen molar-refractivity contribution in [3.8, 4) is 0 Å². The summed E-state index contributed by atoms with van der Waals surface area (Å²) in [4.78, 5) is 0. The van der Waals surface area contributed by atoms with E-state index in [0.717, 1.165) is 51.2 Å². The molecule has 16 heavy (non-hydrogen) atoms. The summed E-state index contributed by atoms with van der Waals surface area (Å²) in [5.41, 5.74) is 1.01. The summed E-state index contributed by atoms with van der Waals surface area (Å²) < 4.78 is 6.90. The quantitative estimate of drug-likeness (QED) is 0.643. The Morgan fingerprint density at radius 2 is 2.31 bits per heavy atom. The van der Waals surface area contributed by atoms with Gasteiger partial charge in [-0.05, 0) is 25.8 Å². The van der Waals surface area contributed by atoms with Crippen molar-refractivity contribution in [2.75, 3.05) is 20.3 Å². The smallest absolute Gasteiger partial charge is 0.0964 e. The fourth-order valence-corrected chi connectivity index (χ4v) is 1.44. The minimum Gasteiger partial charge on any atom is -0.385 e. The lowest BCUT2D eigenvalue weighted by Gasteiger charge is -1.99. The molecular weight excluding hydrogens is 204 g/mol. The zero-order chi connectivity index (χ0) is 11.6. The molecule has 0 fully saturated rings. The maximum Gasteiger partial charge on any atom is 0.0964 e. The van der Waals surface area contributed by atoms with Gasteiger partial charge < -0.3 is 10.1 Å². The van der Waals surface area contributed by atoms with Gasteiger partial charge in [0, 0.05) is 33.0 Å². The van der Waals surface area contributed by atoms with Gasteiger partial charge in [0.15, 0.2) is 0 Å². The zero-order valence-electron chi connectivity index (χ0n) is 10.3. The molecule has 0 aromatic carbocycles. The molecule has 1 rings (SSSR count). The molecule has 5 heteroatoms. The Morgan fingerprint density at radius 1 is 1.44 bits per heavy atom. The zero-order valence-corrected chi connectivity index (χ0v) is 10.3. The molecule has 0 aliphatic carbocycles. The molecule has 0 saturated carbocycles. The Hall–Kier alpha value is -0.940. The molecule has 5 nitrogen and oxygen atoms in total. The molecule has 1 aromatic rings. The first-order chi connectivity index (χ1) is 7.86. The van der Waals surface area contributed by atoms with Crippen LogP contribution in [0.5, 0.6) is 0 Å². The van der Waals surface area contributed by atoms with Crippen molar-refractivity contribution in [1.82, 2.24) is 20.3 Å². The van der Waals surface area contributed by atoms with E-state index in [4.69, 9.17) is 4.74 Å². The highest BCUT2D eigenvalue weighted by Crippen LogP contribution is 1.97. The molecule has 1 N–H and O–H groups in total. The molecule has 0 bridgehead atoms. The summed E-state index contributed by atoms with van der Waals surface area (Å²) in [5.74, 6) is 0. The number of methoxy groups -OCH3 is 1. The molecule has 0 spiro atoms. The van der Waals surface area contributed by atoms with Crippen LogP contribution in [0.2, 0.25) is 0 Å². The summed E-state index contributed by atoms with van der Waals surface area (Å²) >= 11 is 0. The minimum absolute atomic E-state index is 0.811. The van der Waals surface area contributed by atoms with Gasteiger partial charge in [0.25, 0.3) is 0 Å². The average molecular weight is 226 g/mol. The van der Waals surface area contributed by atoms with Gasteiger partial charge in [0.1, 0.15) is 0 Å². The number of nitrogens with one attached hydrogen (secondary N) is 1. The third-order valence-corrected chi connectivity index (χ3v) is 2.30. The van der Waals surface area contributed by atoms with Crippen molar-refractivity contribution in [3.63, 3.8) is 0 Å². The topological polar surface area (TPSA) is 52.0 Å². The van der Waals surface area contributed by atoms with Gasteiger partial charge in [-0.3, -0.25) is 4.68 Å². The highest BCUT2D eigenvalue weighted by molar-refractivity contribution is 4.91. The maximum absolute atomic E-state index is 5.00.